The van der Waals surface area contributed by atoms with Crippen molar-refractivity contribution in [2.75, 3.05) is 0 Å². The summed E-state index contributed by atoms with van der Waals surface area (Å²) in [5.41, 5.74) is 0.861. The first-order valence-corrected chi connectivity index (χ1v) is 4.01. The van der Waals surface area contributed by atoms with Crippen LogP contribution in [0, 0.1) is 0 Å². The standard InChI is InChI=1S/C5H7NO.C5H5N/c7-4-5-2-1-3-6-5;1-2-4-6-5-3-1/h1-3,6-7H,4H2;1-5H. The molecule has 0 amide bonds. The van der Waals surface area contributed by atoms with E-state index in [1.165, 1.54) is 0 Å². The Kier molecular flexibility index (Phi) is 4.35. The van der Waals surface area contributed by atoms with Gasteiger partial charge in [0.25, 0.3) is 0 Å². The summed E-state index contributed by atoms with van der Waals surface area (Å²) in [7, 11) is 0. The normalized spacial score (nSPS) is 8.69. The molecule has 0 spiro atoms. The van der Waals surface area contributed by atoms with Crippen LogP contribution in [0.4, 0.5) is 0 Å². The van der Waals surface area contributed by atoms with Crippen molar-refractivity contribution < 1.29 is 5.11 Å². The van der Waals surface area contributed by atoms with Crippen molar-refractivity contribution in [1.29, 1.82) is 0 Å². The van der Waals surface area contributed by atoms with E-state index in [1.807, 2.05) is 30.3 Å². The molecule has 0 saturated carbocycles. The number of aromatic nitrogens is 2. The lowest BCUT2D eigenvalue weighted by molar-refractivity contribution is 0.277. The Bertz CT molecular complexity index is 265. The van der Waals surface area contributed by atoms with Gasteiger partial charge in [-0.3, -0.25) is 4.98 Å². The molecule has 2 aromatic heterocycles. The van der Waals surface area contributed by atoms with E-state index in [9.17, 15) is 0 Å². The minimum atomic E-state index is 0.104. The van der Waals surface area contributed by atoms with Crippen LogP contribution in [0.15, 0.2) is 48.9 Å². The molecule has 2 N–H and O–H groups in total. The van der Waals surface area contributed by atoms with Crippen LogP contribution in [0.25, 0.3) is 0 Å². The molecule has 0 aliphatic heterocycles. The van der Waals surface area contributed by atoms with Crippen LogP contribution in [0.1, 0.15) is 5.69 Å². The summed E-state index contributed by atoms with van der Waals surface area (Å²) in [4.78, 5) is 6.62. The Morgan fingerprint density at radius 2 is 1.92 bits per heavy atom. The highest BCUT2D eigenvalue weighted by atomic mass is 16.3. The van der Waals surface area contributed by atoms with Gasteiger partial charge in [0.15, 0.2) is 0 Å². The Morgan fingerprint density at radius 1 is 1.15 bits per heavy atom. The summed E-state index contributed by atoms with van der Waals surface area (Å²) in [6.07, 6.45) is 5.28. The van der Waals surface area contributed by atoms with Gasteiger partial charge in [0, 0.05) is 24.3 Å². The molecule has 2 rings (SSSR count). The number of aliphatic hydroxyl groups excluding tert-OH is 1. The predicted molar refractivity (Wildman–Crippen MR) is 51.0 cm³/mol. The van der Waals surface area contributed by atoms with Gasteiger partial charge in [-0.15, -0.1) is 0 Å². The van der Waals surface area contributed by atoms with Crippen LogP contribution in [0.5, 0.6) is 0 Å². The summed E-state index contributed by atoms with van der Waals surface area (Å²) < 4.78 is 0. The fourth-order valence-corrected chi connectivity index (χ4v) is 0.778. The molecule has 0 bridgehead atoms. The van der Waals surface area contributed by atoms with Crippen molar-refractivity contribution in [3.63, 3.8) is 0 Å². The summed E-state index contributed by atoms with van der Waals surface area (Å²) >= 11 is 0. The van der Waals surface area contributed by atoms with Gasteiger partial charge in [-0.2, -0.15) is 0 Å². The lowest BCUT2D eigenvalue weighted by Gasteiger charge is -1.81. The summed E-state index contributed by atoms with van der Waals surface area (Å²) in [6.45, 7) is 0.104. The minimum absolute atomic E-state index is 0.104. The predicted octanol–water partition coefficient (Wildman–Crippen LogP) is 1.59. The SMILES string of the molecule is OCc1ccc[nH]1.c1ccncc1. The number of hydrogen-bond donors (Lipinski definition) is 2. The number of rotatable bonds is 1. The Morgan fingerprint density at radius 3 is 2.15 bits per heavy atom. The number of nitrogens with zero attached hydrogens (tertiary/aromatic N) is 1. The van der Waals surface area contributed by atoms with Crippen LogP contribution >= 0.6 is 0 Å². The summed E-state index contributed by atoms with van der Waals surface area (Å²) in [5.74, 6) is 0. The second-order valence-corrected chi connectivity index (χ2v) is 2.38. The van der Waals surface area contributed by atoms with Crippen molar-refractivity contribution in [2.24, 2.45) is 0 Å². The van der Waals surface area contributed by atoms with Crippen molar-refractivity contribution >= 4 is 0 Å². The van der Waals surface area contributed by atoms with Crippen molar-refractivity contribution in [3.05, 3.63) is 54.6 Å². The average molecular weight is 176 g/mol. The topological polar surface area (TPSA) is 48.9 Å². The molecule has 0 saturated heterocycles. The monoisotopic (exact) mass is 176 g/mol. The molecule has 0 aliphatic rings. The maximum atomic E-state index is 8.40. The van der Waals surface area contributed by atoms with Gasteiger partial charge >= 0.3 is 0 Å². The number of aromatic amines is 1. The first kappa shape index (κ1) is 9.48. The number of hydrogen-bond acceptors (Lipinski definition) is 2. The van der Waals surface area contributed by atoms with E-state index in [2.05, 4.69) is 9.97 Å². The van der Waals surface area contributed by atoms with E-state index in [0.717, 1.165) is 5.69 Å². The molecule has 0 atom stereocenters. The van der Waals surface area contributed by atoms with Crippen LogP contribution in [0.2, 0.25) is 0 Å². The smallest absolute Gasteiger partial charge is 0.0830 e. The molecular weight excluding hydrogens is 164 g/mol. The van der Waals surface area contributed by atoms with E-state index in [-0.39, 0.29) is 6.61 Å². The molecule has 0 aliphatic carbocycles. The lowest BCUT2D eigenvalue weighted by Crippen LogP contribution is -1.77. The van der Waals surface area contributed by atoms with Gasteiger partial charge in [-0.05, 0) is 24.3 Å². The second kappa shape index (κ2) is 5.97. The maximum absolute atomic E-state index is 8.40. The van der Waals surface area contributed by atoms with Gasteiger partial charge in [0.05, 0.1) is 6.61 Å². The molecule has 3 heteroatoms. The molecular formula is C10H12N2O. The van der Waals surface area contributed by atoms with Gasteiger partial charge < -0.3 is 10.1 Å². The largest absolute Gasteiger partial charge is 0.390 e. The Balaban J connectivity index is 0.000000132. The summed E-state index contributed by atoms with van der Waals surface area (Å²) in [5, 5.41) is 8.40. The van der Waals surface area contributed by atoms with Crippen LogP contribution in [-0.4, -0.2) is 15.1 Å². The van der Waals surface area contributed by atoms with Crippen molar-refractivity contribution in [2.45, 2.75) is 6.61 Å². The summed E-state index contributed by atoms with van der Waals surface area (Å²) in [6, 6.07) is 9.40. The minimum Gasteiger partial charge on any atom is -0.390 e. The molecule has 0 aromatic carbocycles. The van der Waals surface area contributed by atoms with Crippen LogP contribution < -0.4 is 0 Å². The fraction of sp³-hybridized carbons (Fsp3) is 0.100. The van der Waals surface area contributed by atoms with Crippen LogP contribution in [0.3, 0.4) is 0 Å². The van der Waals surface area contributed by atoms with Gasteiger partial charge in [-0.1, -0.05) is 6.07 Å². The first-order chi connectivity index (χ1) is 6.43. The first-order valence-electron chi connectivity index (χ1n) is 4.01. The number of aliphatic hydroxyl groups is 1. The molecule has 68 valence electrons. The average Bonchev–Trinajstić information content (AvgIpc) is 2.74. The third kappa shape index (κ3) is 4.08. The molecule has 2 heterocycles. The lowest BCUT2D eigenvalue weighted by atomic mass is 10.5. The van der Waals surface area contributed by atoms with E-state index in [4.69, 9.17) is 5.11 Å². The van der Waals surface area contributed by atoms with Gasteiger partial charge in [0.2, 0.25) is 0 Å². The highest BCUT2D eigenvalue weighted by molar-refractivity contribution is 5.01. The fourth-order valence-electron chi connectivity index (χ4n) is 0.778. The zero-order chi connectivity index (χ0) is 9.36. The molecule has 13 heavy (non-hydrogen) atoms. The highest BCUT2D eigenvalue weighted by Gasteiger charge is 1.82. The third-order valence-corrected chi connectivity index (χ3v) is 1.40. The quantitative estimate of drug-likeness (QED) is 0.693. The molecule has 0 unspecified atom stereocenters. The van der Waals surface area contributed by atoms with Crippen molar-refractivity contribution in [3.8, 4) is 0 Å². The number of H-pyrrole nitrogens is 1. The number of nitrogens with one attached hydrogen (secondary N) is 1. The zero-order valence-corrected chi connectivity index (χ0v) is 7.22. The van der Waals surface area contributed by atoms with Gasteiger partial charge in [0.1, 0.15) is 0 Å². The molecule has 2 aromatic rings. The highest BCUT2D eigenvalue weighted by Crippen LogP contribution is 1.90. The molecule has 0 radical (unpaired) electrons. The molecule has 0 fully saturated rings. The van der Waals surface area contributed by atoms with E-state index in [1.54, 1.807) is 18.6 Å². The van der Waals surface area contributed by atoms with E-state index in [0.29, 0.717) is 0 Å². The van der Waals surface area contributed by atoms with Crippen molar-refractivity contribution in [1.82, 2.24) is 9.97 Å². The third-order valence-electron chi connectivity index (χ3n) is 1.40. The number of pyridine rings is 1. The Labute approximate surface area is 77.1 Å². The molecule has 3 nitrogen and oxygen atoms in total. The van der Waals surface area contributed by atoms with Crippen LogP contribution in [-0.2, 0) is 6.61 Å². The van der Waals surface area contributed by atoms with E-state index >= 15 is 0 Å². The zero-order valence-electron chi connectivity index (χ0n) is 7.22. The van der Waals surface area contributed by atoms with Gasteiger partial charge in [-0.25, -0.2) is 0 Å². The maximum Gasteiger partial charge on any atom is 0.0830 e. The second-order valence-electron chi connectivity index (χ2n) is 2.38. The van der Waals surface area contributed by atoms with E-state index < -0.39 is 0 Å². The Hall–Kier alpha value is -1.61.